The number of aliphatic hydroxyl groups excluding tert-OH is 1. The Morgan fingerprint density at radius 1 is 0.620 bits per heavy atom. The summed E-state index contributed by atoms with van der Waals surface area (Å²) < 4.78 is 26.7. The van der Waals surface area contributed by atoms with Gasteiger partial charge in [0, 0.05) is 12.8 Å². The molecule has 12 heteroatoms. The normalized spacial score (nSPS) is 14.0. The molecule has 294 valence electrons. The number of carboxylic acids is 1. The van der Waals surface area contributed by atoms with Crippen molar-refractivity contribution in [2.24, 2.45) is 0 Å². The molecule has 3 atom stereocenters. The van der Waals surface area contributed by atoms with E-state index in [4.69, 9.17) is 13.8 Å². The fourth-order valence-corrected chi connectivity index (χ4v) is 6.20. The highest BCUT2D eigenvalue weighted by Crippen LogP contribution is 2.43. The molecule has 0 aromatic carbocycles. The number of carboxylic acid groups (broad SMARTS) is 1. The summed E-state index contributed by atoms with van der Waals surface area (Å²) >= 11 is 0. The predicted molar refractivity (Wildman–Crippen MR) is 199 cm³/mol. The molecule has 0 radical (unpaired) electrons. The van der Waals surface area contributed by atoms with E-state index in [1.165, 1.54) is 89.9 Å². The summed E-state index contributed by atoms with van der Waals surface area (Å²) in [5.74, 6) is -2.38. The Kier molecular flexibility index (Phi) is 33.1. The number of hydrogen-bond acceptors (Lipinski definition) is 8. The minimum atomic E-state index is -4.74. The van der Waals surface area contributed by atoms with Crippen LogP contribution < -0.4 is 5.32 Å². The van der Waals surface area contributed by atoms with E-state index in [-0.39, 0.29) is 12.8 Å². The molecule has 1 amide bonds. The maximum atomic E-state index is 12.3. The Morgan fingerprint density at radius 3 is 1.52 bits per heavy atom. The molecule has 0 fully saturated rings. The van der Waals surface area contributed by atoms with E-state index < -0.39 is 57.6 Å². The monoisotopic (exact) mass is 733 g/mol. The number of nitrogens with one attached hydrogen (secondary N) is 1. The molecular formula is C38H72NO10P. The van der Waals surface area contributed by atoms with Crippen LogP contribution in [0.4, 0.5) is 0 Å². The number of carbonyl (C=O) groups excluding carboxylic acids is 2. The fourth-order valence-electron chi connectivity index (χ4n) is 5.43. The van der Waals surface area contributed by atoms with Gasteiger partial charge in [0.15, 0.2) is 6.04 Å². The summed E-state index contributed by atoms with van der Waals surface area (Å²) in [6.45, 7) is 2.54. The average molecular weight is 734 g/mol. The zero-order valence-electron chi connectivity index (χ0n) is 31.5. The van der Waals surface area contributed by atoms with Gasteiger partial charge in [-0.3, -0.25) is 18.6 Å². The Balaban J connectivity index is 3.93. The van der Waals surface area contributed by atoms with E-state index in [1.807, 2.05) is 0 Å². The number of rotatable bonds is 37. The van der Waals surface area contributed by atoms with E-state index in [0.29, 0.717) is 12.8 Å². The molecule has 0 aliphatic rings. The lowest BCUT2D eigenvalue weighted by Crippen LogP contribution is -2.43. The molecule has 0 heterocycles. The van der Waals surface area contributed by atoms with E-state index in [0.717, 1.165) is 51.4 Å². The van der Waals surface area contributed by atoms with Crippen molar-refractivity contribution in [2.75, 3.05) is 19.8 Å². The van der Waals surface area contributed by atoms with Crippen LogP contribution in [0, 0.1) is 0 Å². The van der Waals surface area contributed by atoms with Crippen molar-refractivity contribution in [3.8, 4) is 0 Å². The molecule has 0 aromatic heterocycles. The standard InChI is InChI=1S/C38H72NO10P/c1-3-5-7-9-11-13-14-15-16-17-18-19-20-21-22-23-25-27-29-36(41)39-35(38(43)44)33-49-50(45,46)48-32-34(40)31-47-37(42)30-28-26-24-12-10-8-6-4-2/h16-17,34-35,40H,3-15,18-33H2,1-2H3,(H,39,41)(H,43,44)(H,45,46)/b17-16-. The molecule has 0 aliphatic heterocycles. The Hall–Kier alpha value is -1.78. The van der Waals surface area contributed by atoms with Crippen LogP contribution in [0.15, 0.2) is 12.2 Å². The van der Waals surface area contributed by atoms with E-state index in [1.54, 1.807) is 0 Å². The summed E-state index contributed by atoms with van der Waals surface area (Å²) in [5, 5.41) is 21.7. The molecule has 0 rings (SSSR count). The van der Waals surface area contributed by atoms with Crippen LogP contribution >= 0.6 is 7.82 Å². The number of esters is 1. The van der Waals surface area contributed by atoms with Gasteiger partial charge in [-0.05, 0) is 38.5 Å². The number of amides is 1. The highest BCUT2D eigenvalue weighted by atomic mass is 31.2. The Bertz CT molecular complexity index is 916. The summed E-state index contributed by atoms with van der Waals surface area (Å²) in [6, 6.07) is -1.54. The van der Waals surface area contributed by atoms with Gasteiger partial charge < -0.3 is 25.2 Å². The molecule has 0 aromatic rings. The summed E-state index contributed by atoms with van der Waals surface area (Å²) in [5.41, 5.74) is 0. The first kappa shape index (κ1) is 48.2. The second-order valence-electron chi connectivity index (χ2n) is 13.5. The number of ether oxygens (including phenoxy) is 1. The second-order valence-corrected chi connectivity index (χ2v) is 14.9. The summed E-state index contributed by atoms with van der Waals surface area (Å²) in [4.78, 5) is 45.6. The topological polar surface area (TPSA) is 169 Å². The molecule has 0 spiro atoms. The van der Waals surface area contributed by atoms with Crippen LogP contribution in [-0.4, -0.2) is 64.9 Å². The van der Waals surface area contributed by atoms with Gasteiger partial charge in [-0.2, -0.15) is 0 Å². The highest BCUT2D eigenvalue weighted by molar-refractivity contribution is 7.47. The van der Waals surface area contributed by atoms with Gasteiger partial charge >= 0.3 is 19.8 Å². The number of allylic oxidation sites excluding steroid dienone is 2. The molecule has 3 unspecified atom stereocenters. The van der Waals surface area contributed by atoms with Crippen molar-refractivity contribution in [2.45, 2.75) is 193 Å². The minimum Gasteiger partial charge on any atom is -0.480 e. The molecule has 0 aliphatic carbocycles. The van der Waals surface area contributed by atoms with Crippen LogP contribution in [0.3, 0.4) is 0 Å². The first-order chi connectivity index (χ1) is 24.1. The van der Waals surface area contributed by atoms with Crippen LogP contribution in [0.5, 0.6) is 0 Å². The third-order valence-electron chi connectivity index (χ3n) is 8.55. The highest BCUT2D eigenvalue weighted by Gasteiger charge is 2.28. The van der Waals surface area contributed by atoms with Crippen molar-refractivity contribution in [3.63, 3.8) is 0 Å². The molecule has 0 saturated heterocycles. The first-order valence-corrected chi connectivity index (χ1v) is 21.2. The van der Waals surface area contributed by atoms with Crippen molar-refractivity contribution < 1.29 is 47.8 Å². The zero-order valence-corrected chi connectivity index (χ0v) is 32.4. The summed E-state index contributed by atoms with van der Waals surface area (Å²) in [7, 11) is -4.74. The van der Waals surface area contributed by atoms with Gasteiger partial charge in [-0.25, -0.2) is 9.36 Å². The van der Waals surface area contributed by atoms with Gasteiger partial charge in [0.2, 0.25) is 5.91 Å². The maximum absolute atomic E-state index is 12.3. The minimum absolute atomic E-state index is 0.143. The molecule has 11 nitrogen and oxygen atoms in total. The van der Waals surface area contributed by atoms with Crippen LogP contribution in [-0.2, 0) is 32.7 Å². The largest absolute Gasteiger partial charge is 0.480 e. The van der Waals surface area contributed by atoms with E-state index in [2.05, 4.69) is 31.3 Å². The van der Waals surface area contributed by atoms with E-state index >= 15 is 0 Å². The van der Waals surface area contributed by atoms with Crippen LogP contribution in [0.25, 0.3) is 0 Å². The second kappa shape index (κ2) is 34.3. The van der Waals surface area contributed by atoms with Crippen molar-refractivity contribution in [1.82, 2.24) is 5.32 Å². The number of unbranched alkanes of at least 4 members (excludes halogenated alkanes) is 21. The van der Waals surface area contributed by atoms with Gasteiger partial charge in [-0.15, -0.1) is 0 Å². The molecule has 0 bridgehead atoms. The molecule has 50 heavy (non-hydrogen) atoms. The lowest BCUT2D eigenvalue weighted by Gasteiger charge is -2.18. The van der Waals surface area contributed by atoms with Gasteiger partial charge in [0.05, 0.1) is 13.2 Å². The third kappa shape index (κ3) is 33.4. The SMILES string of the molecule is CCCCCCCCC/C=C\CCCCCCCCCC(=O)NC(COP(=O)(O)OCC(O)COC(=O)CCCCCCCCCC)C(=O)O. The smallest absolute Gasteiger partial charge is 0.472 e. The Morgan fingerprint density at radius 2 is 1.04 bits per heavy atom. The molecule has 0 saturated carbocycles. The molecular weight excluding hydrogens is 661 g/mol. The van der Waals surface area contributed by atoms with Crippen molar-refractivity contribution in [3.05, 3.63) is 12.2 Å². The van der Waals surface area contributed by atoms with Gasteiger partial charge in [0.25, 0.3) is 0 Å². The first-order valence-electron chi connectivity index (χ1n) is 19.7. The third-order valence-corrected chi connectivity index (χ3v) is 9.51. The number of hydrogen-bond donors (Lipinski definition) is 4. The number of phosphoric ester groups is 1. The van der Waals surface area contributed by atoms with Crippen LogP contribution in [0.2, 0.25) is 0 Å². The number of aliphatic carboxylic acids is 1. The fraction of sp³-hybridized carbons (Fsp3) is 0.868. The number of aliphatic hydroxyl groups is 1. The van der Waals surface area contributed by atoms with Crippen molar-refractivity contribution in [1.29, 1.82) is 0 Å². The quantitative estimate of drug-likeness (QED) is 0.0209. The van der Waals surface area contributed by atoms with E-state index in [9.17, 15) is 34.1 Å². The summed E-state index contributed by atoms with van der Waals surface area (Å²) in [6.07, 6.45) is 31.1. The Labute approximate surface area is 303 Å². The lowest BCUT2D eigenvalue weighted by molar-refractivity contribution is -0.147. The van der Waals surface area contributed by atoms with Gasteiger partial charge in [-0.1, -0.05) is 142 Å². The van der Waals surface area contributed by atoms with Crippen molar-refractivity contribution >= 4 is 25.7 Å². The van der Waals surface area contributed by atoms with Gasteiger partial charge in [0.1, 0.15) is 12.7 Å². The average Bonchev–Trinajstić information content (AvgIpc) is 3.08. The lowest BCUT2D eigenvalue weighted by atomic mass is 10.1. The number of phosphoric acid groups is 1. The predicted octanol–water partition coefficient (Wildman–Crippen LogP) is 9.33. The van der Waals surface area contributed by atoms with Crippen LogP contribution in [0.1, 0.15) is 181 Å². The maximum Gasteiger partial charge on any atom is 0.472 e. The zero-order chi connectivity index (χ0) is 37.1. The number of carbonyl (C=O) groups is 3. The molecule has 4 N–H and O–H groups in total.